The van der Waals surface area contributed by atoms with Gasteiger partial charge in [0.2, 0.25) is 5.91 Å². The molecule has 0 spiro atoms. The predicted octanol–water partition coefficient (Wildman–Crippen LogP) is 3.76. The summed E-state index contributed by atoms with van der Waals surface area (Å²) >= 11 is 0. The molecule has 8 heteroatoms. The minimum Gasteiger partial charge on any atom is -0.466 e. The van der Waals surface area contributed by atoms with Gasteiger partial charge < -0.3 is 24.8 Å². The van der Waals surface area contributed by atoms with Crippen LogP contribution in [0.3, 0.4) is 0 Å². The van der Waals surface area contributed by atoms with E-state index in [0.29, 0.717) is 31.9 Å². The largest absolute Gasteiger partial charge is 0.466 e. The maximum Gasteiger partial charge on any atom is 0.322 e. The van der Waals surface area contributed by atoms with Gasteiger partial charge in [0.05, 0.1) is 13.0 Å². The van der Waals surface area contributed by atoms with E-state index in [2.05, 4.69) is 17.1 Å². The molecule has 0 aromatic heterocycles. The lowest BCUT2D eigenvalue weighted by Crippen LogP contribution is -2.50. The summed E-state index contributed by atoms with van der Waals surface area (Å²) in [4.78, 5) is 43.1. The van der Waals surface area contributed by atoms with E-state index in [0.717, 1.165) is 50.4 Å². The summed E-state index contributed by atoms with van der Waals surface area (Å²) in [5.41, 5.74) is 1.56. The summed E-state index contributed by atoms with van der Waals surface area (Å²) in [5.74, 6) is 0.654. The van der Waals surface area contributed by atoms with E-state index in [1.807, 2.05) is 34.1 Å². The number of likely N-dealkylation sites (tertiary alicyclic amines) is 2. The lowest BCUT2D eigenvalue weighted by Gasteiger charge is -2.39. The van der Waals surface area contributed by atoms with Crippen LogP contribution in [0.1, 0.15) is 58.4 Å². The highest BCUT2D eigenvalue weighted by Crippen LogP contribution is 2.21. The second-order valence-electron chi connectivity index (χ2n) is 9.92. The molecular formula is C27H42N4O4. The topological polar surface area (TPSA) is 82.2 Å². The minimum atomic E-state index is -0.254. The first kappa shape index (κ1) is 27.0. The van der Waals surface area contributed by atoms with Gasteiger partial charge in [-0.15, -0.1) is 0 Å². The normalized spacial score (nSPS) is 17.7. The Morgan fingerprint density at radius 2 is 1.69 bits per heavy atom. The number of nitrogens with one attached hydrogen (secondary N) is 1. The van der Waals surface area contributed by atoms with Crippen molar-refractivity contribution in [1.29, 1.82) is 0 Å². The van der Waals surface area contributed by atoms with Crippen molar-refractivity contribution in [3.05, 3.63) is 29.8 Å². The van der Waals surface area contributed by atoms with Crippen molar-refractivity contribution in [3.8, 4) is 0 Å². The number of benzene rings is 1. The summed E-state index contributed by atoms with van der Waals surface area (Å²) in [6, 6.07) is 7.38. The van der Waals surface area contributed by atoms with Gasteiger partial charge in [-0.25, -0.2) is 4.79 Å². The van der Waals surface area contributed by atoms with Crippen molar-refractivity contribution < 1.29 is 19.1 Å². The highest BCUT2D eigenvalue weighted by Gasteiger charge is 2.29. The molecular weight excluding hydrogens is 444 g/mol. The van der Waals surface area contributed by atoms with Gasteiger partial charge in [0, 0.05) is 38.3 Å². The zero-order valence-corrected chi connectivity index (χ0v) is 21.6. The van der Waals surface area contributed by atoms with E-state index in [9.17, 15) is 14.4 Å². The standard InChI is InChI=1S/C27H42N4O4/c1-4-35-26(33)20-23-6-8-24(9-7-23)28-27(34)31(25-12-18-30(19-13-25)22(3)32)15-5-14-29-16-10-21(2)11-17-29/h6-9,21,25H,4-5,10-20H2,1-3H3,(H,28,34). The molecule has 0 aliphatic carbocycles. The molecule has 2 aliphatic heterocycles. The van der Waals surface area contributed by atoms with Crippen molar-refractivity contribution in [3.63, 3.8) is 0 Å². The maximum atomic E-state index is 13.3. The Labute approximate surface area is 210 Å². The number of rotatable bonds is 9. The fourth-order valence-electron chi connectivity index (χ4n) is 4.97. The molecule has 194 valence electrons. The first-order valence-electron chi connectivity index (χ1n) is 13.2. The third-order valence-electron chi connectivity index (χ3n) is 7.22. The fraction of sp³-hybridized carbons (Fsp3) is 0.667. The number of hydrogen-bond acceptors (Lipinski definition) is 5. The molecule has 0 atom stereocenters. The molecule has 0 bridgehead atoms. The van der Waals surface area contributed by atoms with Gasteiger partial charge in [-0.3, -0.25) is 9.59 Å². The number of amides is 3. The number of carbonyl (C=O) groups excluding carboxylic acids is 3. The van der Waals surface area contributed by atoms with Crippen molar-refractivity contribution in [1.82, 2.24) is 14.7 Å². The number of anilines is 1. The van der Waals surface area contributed by atoms with Crippen LogP contribution in [0.4, 0.5) is 10.5 Å². The lowest BCUT2D eigenvalue weighted by molar-refractivity contribution is -0.142. The summed E-state index contributed by atoms with van der Waals surface area (Å²) in [7, 11) is 0. The molecule has 35 heavy (non-hydrogen) atoms. The molecule has 2 saturated heterocycles. The molecule has 0 saturated carbocycles. The summed E-state index contributed by atoms with van der Waals surface area (Å²) < 4.78 is 5.00. The van der Waals surface area contributed by atoms with Crippen LogP contribution >= 0.6 is 0 Å². The van der Waals surface area contributed by atoms with Crippen LogP contribution in [-0.2, 0) is 20.7 Å². The number of urea groups is 1. The Kier molecular flexibility index (Phi) is 10.4. The van der Waals surface area contributed by atoms with E-state index in [-0.39, 0.29) is 30.4 Å². The second kappa shape index (κ2) is 13.5. The van der Waals surface area contributed by atoms with E-state index < -0.39 is 0 Å². The highest BCUT2D eigenvalue weighted by molar-refractivity contribution is 5.89. The van der Waals surface area contributed by atoms with Crippen molar-refractivity contribution in [2.24, 2.45) is 5.92 Å². The van der Waals surface area contributed by atoms with Gasteiger partial charge in [-0.2, -0.15) is 0 Å². The SMILES string of the molecule is CCOC(=O)Cc1ccc(NC(=O)N(CCCN2CCC(C)CC2)C2CCN(C(C)=O)CC2)cc1. The zero-order valence-electron chi connectivity index (χ0n) is 21.6. The molecule has 2 fully saturated rings. The van der Waals surface area contributed by atoms with Gasteiger partial charge >= 0.3 is 12.0 Å². The monoisotopic (exact) mass is 486 g/mol. The number of hydrogen-bond donors (Lipinski definition) is 1. The first-order valence-corrected chi connectivity index (χ1v) is 13.2. The third-order valence-corrected chi connectivity index (χ3v) is 7.22. The van der Waals surface area contributed by atoms with Crippen molar-refractivity contribution >= 4 is 23.6 Å². The molecule has 2 aliphatic rings. The van der Waals surface area contributed by atoms with Crippen LogP contribution in [-0.4, -0.2) is 84.5 Å². The van der Waals surface area contributed by atoms with E-state index in [1.54, 1.807) is 13.8 Å². The average molecular weight is 487 g/mol. The van der Waals surface area contributed by atoms with Crippen molar-refractivity contribution in [2.75, 3.05) is 51.2 Å². The number of ether oxygens (including phenoxy) is 1. The molecule has 8 nitrogen and oxygen atoms in total. The Morgan fingerprint density at radius 3 is 2.29 bits per heavy atom. The van der Waals surface area contributed by atoms with Crippen molar-refractivity contribution in [2.45, 2.75) is 65.3 Å². The number of piperidine rings is 2. The van der Waals surface area contributed by atoms with Crippen LogP contribution < -0.4 is 5.32 Å². The van der Waals surface area contributed by atoms with Gasteiger partial charge in [0.1, 0.15) is 0 Å². The maximum absolute atomic E-state index is 13.3. The minimum absolute atomic E-state index is 0.0988. The highest BCUT2D eigenvalue weighted by atomic mass is 16.5. The summed E-state index contributed by atoms with van der Waals surface area (Å²) in [6.07, 6.45) is 5.25. The Bertz CT molecular complexity index is 828. The molecule has 2 heterocycles. The van der Waals surface area contributed by atoms with Crippen LogP contribution in [0.2, 0.25) is 0 Å². The predicted molar refractivity (Wildman–Crippen MR) is 137 cm³/mol. The van der Waals surface area contributed by atoms with Crippen LogP contribution in [0, 0.1) is 5.92 Å². The molecule has 0 radical (unpaired) electrons. The van der Waals surface area contributed by atoms with Gasteiger partial charge in [-0.05, 0) is 82.3 Å². The molecule has 1 aromatic rings. The van der Waals surface area contributed by atoms with Crippen LogP contribution in [0.15, 0.2) is 24.3 Å². The van der Waals surface area contributed by atoms with Gasteiger partial charge in [0.25, 0.3) is 0 Å². The van der Waals surface area contributed by atoms with Crippen LogP contribution in [0.25, 0.3) is 0 Å². The number of carbonyl (C=O) groups is 3. The molecule has 1 N–H and O–H groups in total. The van der Waals surface area contributed by atoms with Gasteiger partial charge in [0.15, 0.2) is 0 Å². The Morgan fingerprint density at radius 1 is 1.03 bits per heavy atom. The quantitative estimate of drug-likeness (QED) is 0.538. The van der Waals surface area contributed by atoms with Gasteiger partial charge in [-0.1, -0.05) is 19.1 Å². The Hall–Kier alpha value is -2.61. The van der Waals surface area contributed by atoms with E-state index in [4.69, 9.17) is 4.74 Å². The van der Waals surface area contributed by atoms with E-state index >= 15 is 0 Å². The summed E-state index contributed by atoms with van der Waals surface area (Å²) in [6.45, 7) is 11.5. The first-order chi connectivity index (χ1) is 16.9. The molecule has 3 amide bonds. The molecule has 0 unspecified atom stereocenters. The van der Waals surface area contributed by atoms with Crippen LogP contribution in [0.5, 0.6) is 0 Å². The second-order valence-corrected chi connectivity index (χ2v) is 9.92. The molecule has 1 aromatic carbocycles. The third kappa shape index (κ3) is 8.53. The number of esters is 1. The molecule has 3 rings (SSSR count). The fourth-order valence-corrected chi connectivity index (χ4v) is 4.97. The smallest absolute Gasteiger partial charge is 0.322 e. The lowest BCUT2D eigenvalue weighted by atomic mass is 9.99. The Balaban J connectivity index is 1.58. The summed E-state index contributed by atoms with van der Waals surface area (Å²) in [5, 5.41) is 3.05. The number of nitrogens with zero attached hydrogens (tertiary/aromatic N) is 3. The zero-order chi connectivity index (χ0) is 25.2. The average Bonchev–Trinajstić information content (AvgIpc) is 2.84. The van der Waals surface area contributed by atoms with E-state index in [1.165, 1.54) is 12.8 Å².